The van der Waals surface area contributed by atoms with Crippen molar-refractivity contribution in [1.82, 2.24) is 0 Å². The molecule has 3 nitrogen and oxygen atoms in total. The first-order valence-electron chi connectivity index (χ1n) is 5.67. The molecule has 0 saturated carbocycles. The van der Waals surface area contributed by atoms with E-state index in [1.807, 2.05) is 36.4 Å². The summed E-state index contributed by atoms with van der Waals surface area (Å²) in [5, 5.41) is 0. The van der Waals surface area contributed by atoms with Gasteiger partial charge in [-0.1, -0.05) is 36.4 Å². The molecule has 0 fully saturated rings. The number of benzene rings is 1. The lowest BCUT2D eigenvalue weighted by Gasteiger charge is -2.06. The highest BCUT2D eigenvalue weighted by Gasteiger charge is 2.09. The topological polar surface area (TPSA) is 35.5 Å². The van der Waals surface area contributed by atoms with Gasteiger partial charge in [0.05, 0.1) is 18.8 Å². The minimum absolute atomic E-state index is 0.283. The van der Waals surface area contributed by atoms with Crippen molar-refractivity contribution in [1.29, 1.82) is 0 Å². The molecule has 0 atom stereocenters. The molecule has 0 spiro atoms. The first kappa shape index (κ1) is 13.5. The van der Waals surface area contributed by atoms with E-state index < -0.39 is 0 Å². The molecule has 0 amide bonds. The van der Waals surface area contributed by atoms with E-state index in [1.54, 1.807) is 14.0 Å². The second-order valence-corrected chi connectivity index (χ2v) is 3.57. The molecule has 17 heavy (non-hydrogen) atoms. The molecule has 1 aromatic rings. The third-order valence-corrected chi connectivity index (χ3v) is 2.26. The average Bonchev–Trinajstić information content (AvgIpc) is 2.36. The van der Waals surface area contributed by atoms with E-state index >= 15 is 0 Å². The normalized spacial score (nSPS) is 11.3. The molecule has 0 aliphatic rings. The number of carbonyl (C=O) groups excluding carboxylic acids is 1. The zero-order valence-corrected chi connectivity index (χ0v) is 10.3. The van der Waals surface area contributed by atoms with Crippen molar-refractivity contribution in [2.45, 2.75) is 13.3 Å². The maximum atomic E-state index is 11.6. The van der Waals surface area contributed by atoms with Crippen molar-refractivity contribution in [3.05, 3.63) is 47.5 Å². The molecule has 0 heterocycles. The van der Waals surface area contributed by atoms with Crippen molar-refractivity contribution in [2.75, 3.05) is 20.3 Å². The van der Waals surface area contributed by atoms with Crippen LogP contribution in [0.15, 0.2) is 42.0 Å². The number of rotatable bonds is 6. The molecule has 0 aliphatic heterocycles. The fraction of sp³-hybridized carbons (Fsp3) is 0.357. The van der Waals surface area contributed by atoms with Crippen LogP contribution in [-0.2, 0) is 20.7 Å². The Labute approximate surface area is 102 Å². The fourth-order valence-corrected chi connectivity index (χ4v) is 1.44. The smallest absolute Gasteiger partial charge is 0.336 e. The second kappa shape index (κ2) is 7.63. The lowest BCUT2D eigenvalue weighted by molar-refractivity contribution is -0.139. The molecule has 0 aliphatic carbocycles. The highest BCUT2D eigenvalue weighted by Crippen LogP contribution is 2.05. The summed E-state index contributed by atoms with van der Waals surface area (Å²) in [7, 11) is 1.57. The Bertz CT molecular complexity index is 368. The molecule has 0 bridgehead atoms. The van der Waals surface area contributed by atoms with Crippen LogP contribution in [0.5, 0.6) is 0 Å². The van der Waals surface area contributed by atoms with Gasteiger partial charge in [0.2, 0.25) is 0 Å². The summed E-state index contributed by atoms with van der Waals surface area (Å²) >= 11 is 0. The van der Waals surface area contributed by atoms with Crippen LogP contribution in [-0.4, -0.2) is 26.3 Å². The Kier molecular flexibility index (Phi) is 6.04. The van der Waals surface area contributed by atoms with E-state index in [2.05, 4.69) is 0 Å². The Morgan fingerprint density at radius 2 is 2.00 bits per heavy atom. The minimum Gasteiger partial charge on any atom is -0.463 e. The van der Waals surface area contributed by atoms with Gasteiger partial charge in [-0.3, -0.25) is 0 Å². The summed E-state index contributed by atoms with van der Waals surface area (Å²) in [6.45, 7) is 2.45. The van der Waals surface area contributed by atoms with Crippen molar-refractivity contribution in [3.63, 3.8) is 0 Å². The summed E-state index contributed by atoms with van der Waals surface area (Å²) in [5.74, 6) is -0.301. The molecule has 1 aromatic carbocycles. The standard InChI is InChI=1S/C14H18O3/c1-3-17-14(15)13(11-16-2)10-9-12-7-5-4-6-8-12/h4-8,10H,3,9,11H2,1-2H3. The first-order chi connectivity index (χ1) is 8.27. The number of hydrogen-bond donors (Lipinski definition) is 0. The maximum Gasteiger partial charge on any atom is 0.336 e. The average molecular weight is 234 g/mol. The van der Waals surface area contributed by atoms with Gasteiger partial charge in [-0.15, -0.1) is 0 Å². The number of ether oxygens (including phenoxy) is 2. The van der Waals surface area contributed by atoms with E-state index in [0.717, 1.165) is 5.56 Å². The molecule has 1 rings (SSSR count). The number of methoxy groups -OCH3 is 1. The molecule has 92 valence electrons. The summed E-state index contributed by atoms with van der Waals surface area (Å²) in [6.07, 6.45) is 2.56. The summed E-state index contributed by atoms with van der Waals surface area (Å²) in [6, 6.07) is 9.96. The molecular weight excluding hydrogens is 216 g/mol. The third kappa shape index (κ3) is 4.83. The van der Waals surface area contributed by atoms with Gasteiger partial charge < -0.3 is 9.47 Å². The van der Waals surface area contributed by atoms with Crippen LogP contribution in [0.25, 0.3) is 0 Å². The van der Waals surface area contributed by atoms with E-state index in [0.29, 0.717) is 18.6 Å². The van der Waals surface area contributed by atoms with Crippen LogP contribution in [0, 0.1) is 0 Å². The molecule has 0 radical (unpaired) electrons. The lowest BCUT2D eigenvalue weighted by atomic mass is 10.1. The van der Waals surface area contributed by atoms with Gasteiger partial charge in [-0.2, -0.15) is 0 Å². The van der Waals surface area contributed by atoms with Crippen LogP contribution in [0.2, 0.25) is 0 Å². The van der Waals surface area contributed by atoms with Gasteiger partial charge >= 0.3 is 5.97 Å². The lowest BCUT2D eigenvalue weighted by Crippen LogP contribution is -2.12. The maximum absolute atomic E-state index is 11.6. The van der Waals surface area contributed by atoms with Gasteiger partial charge in [0, 0.05) is 7.11 Å². The molecule has 0 unspecified atom stereocenters. The highest BCUT2D eigenvalue weighted by atomic mass is 16.5. The zero-order valence-electron chi connectivity index (χ0n) is 10.3. The summed E-state index contributed by atoms with van der Waals surface area (Å²) in [4.78, 5) is 11.6. The van der Waals surface area contributed by atoms with Crippen LogP contribution in [0.3, 0.4) is 0 Å². The molecule has 0 saturated heterocycles. The molecule has 0 aromatic heterocycles. The number of esters is 1. The van der Waals surface area contributed by atoms with Crippen molar-refractivity contribution in [3.8, 4) is 0 Å². The zero-order chi connectivity index (χ0) is 12.5. The SMILES string of the molecule is CCOC(=O)C(=CCc1ccccc1)COC. The number of carbonyl (C=O) groups is 1. The van der Waals surface area contributed by atoms with Crippen molar-refractivity contribution in [2.24, 2.45) is 0 Å². The van der Waals surface area contributed by atoms with Gasteiger partial charge in [0.15, 0.2) is 0 Å². The number of allylic oxidation sites excluding steroid dienone is 1. The largest absolute Gasteiger partial charge is 0.463 e. The highest BCUT2D eigenvalue weighted by molar-refractivity contribution is 5.88. The summed E-state index contributed by atoms with van der Waals surface area (Å²) < 4.78 is 9.95. The van der Waals surface area contributed by atoms with Crippen LogP contribution >= 0.6 is 0 Å². The molecule has 0 N–H and O–H groups in total. The minimum atomic E-state index is -0.301. The van der Waals surface area contributed by atoms with E-state index in [4.69, 9.17) is 9.47 Å². The van der Waals surface area contributed by atoms with Gasteiger partial charge in [-0.25, -0.2) is 4.79 Å². The summed E-state index contributed by atoms with van der Waals surface area (Å²) in [5.41, 5.74) is 1.73. The Balaban J connectivity index is 2.67. The van der Waals surface area contributed by atoms with Gasteiger partial charge in [0.1, 0.15) is 0 Å². The Hall–Kier alpha value is -1.61. The molecule has 3 heteroatoms. The van der Waals surface area contributed by atoms with Crippen molar-refractivity contribution >= 4 is 5.97 Å². The second-order valence-electron chi connectivity index (χ2n) is 3.57. The van der Waals surface area contributed by atoms with Crippen LogP contribution in [0.1, 0.15) is 12.5 Å². The van der Waals surface area contributed by atoms with E-state index in [1.165, 1.54) is 0 Å². The van der Waals surface area contributed by atoms with E-state index in [9.17, 15) is 4.79 Å². The van der Waals surface area contributed by atoms with Gasteiger partial charge in [0.25, 0.3) is 0 Å². The van der Waals surface area contributed by atoms with Crippen LogP contribution in [0.4, 0.5) is 0 Å². The Morgan fingerprint density at radius 1 is 1.29 bits per heavy atom. The fourth-order valence-electron chi connectivity index (χ4n) is 1.44. The predicted molar refractivity (Wildman–Crippen MR) is 66.7 cm³/mol. The molecular formula is C14H18O3. The quantitative estimate of drug-likeness (QED) is 0.560. The van der Waals surface area contributed by atoms with Crippen LogP contribution < -0.4 is 0 Å². The predicted octanol–water partition coefficient (Wildman–Crippen LogP) is 2.37. The first-order valence-corrected chi connectivity index (χ1v) is 5.67. The Morgan fingerprint density at radius 3 is 2.59 bits per heavy atom. The van der Waals surface area contributed by atoms with Crippen molar-refractivity contribution < 1.29 is 14.3 Å². The number of hydrogen-bond acceptors (Lipinski definition) is 3. The van der Waals surface area contributed by atoms with E-state index in [-0.39, 0.29) is 12.6 Å². The third-order valence-electron chi connectivity index (χ3n) is 2.26. The van der Waals surface area contributed by atoms with Gasteiger partial charge in [-0.05, 0) is 18.9 Å². The monoisotopic (exact) mass is 234 g/mol.